The van der Waals surface area contributed by atoms with Crippen LogP contribution in [-0.2, 0) is 0 Å². The molecule has 0 bridgehead atoms. The zero-order valence-electron chi connectivity index (χ0n) is 27.0. The summed E-state index contributed by atoms with van der Waals surface area (Å²) in [5, 5.41) is 13.2. The first-order valence-corrected chi connectivity index (χ1v) is 16.2. The number of allylic oxidation sites excluding steroid dienone is 6. The SMILES string of the molecule is CC1=CC(C)=NC(c2cccc(C3=CC(c4ccc5oc6ccccc6c5c4)=CC(c4cccc(C5N=C(C)C=C(C)N5)c4)N3)c2)N1. The molecule has 3 aliphatic rings. The van der Waals surface area contributed by atoms with E-state index in [0.29, 0.717) is 0 Å². The van der Waals surface area contributed by atoms with E-state index in [-0.39, 0.29) is 18.4 Å². The van der Waals surface area contributed by atoms with E-state index in [9.17, 15) is 0 Å². The van der Waals surface area contributed by atoms with E-state index in [1.807, 2.05) is 12.1 Å². The Bertz CT molecular complexity index is 2240. The van der Waals surface area contributed by atoms with E-state index >= 15 is 0 Å². The Balaban J connectivity index is 1.21. The van der Waals surface area contributed by atoms with E-state index in [4.69, 9.17) is 14.4 Å². The van der Waals surface area contributed by atoms with E-state index in [1.165, 1.54) is 5.56 Å². The molecule has 3 unspecified atom stereocenters. The van der Waals surface area contributed by atoms with Crippen LogP contribution in [0, 0.1) is 0 Å². The van der Waals surface area contributed by atoms with Gasteiger partial charge in [-0.05, 0) is 116 Å². The molecule has 3 atom stereocenters. The summed E-state index contributed by atoms with van der Waals surface area (Å²) in [5.74, 6) is 0. The van der Waals surface area contributed by atoms with Crippen LogP contribution in [-0.4, -0.2) is 11.4 Å². The van der Waals surface area contributed by atoms with Crippen LogP contribution in [0.15, 0.2) is 141 Å². The van der Waals surface area contributed by atoms with Crippen molar-refractivity contribution in [1.82, 2.24) is 16.0 Å². The molecule has 47 heavy (non-hydrogen) atoms. The molecule has 3 aliphatic heterocycles. The van der Waals surface area contributed by atoms with Crippen molar-refractivity contribution in [2.24, 2.45) is 9.98 Å². The average molecular weight is 616 g/mol. The standard InChI is InChI=1S/C41H37N5O/c1-24-17-25(2)43-40(42-24)31-11-7-9-29(19-31)36-22-33(28-15-16-39-35(21-28)34-13-5-6-14-38(34)47-39)23-37(46-36)30-10-8-12-32(20-30)41-44-26(3)18-27(4)45-41/h5-23,36,40-42,44,46H,1-4H3. The summed E-state index contributed by atoms with van der Waals surface area (Å²) in [6.07, 6.45) is 8.52. The lowest BCUT2D eigenvalue weighted by molar-refractivity contribution is 0.616. The molecule has 0 amide bonds. The van der Waals surface area contributed by atoms with Gasteiger partial charge in [0.2, 0.25) is 0 Å². The summed E-state index contributed by atoms with van der Waals surface area (Å²) in [6, 6.07) is 32.1. The topological polar surface area (TPSA) is 74.0 Å². The lowest BCUT2D eigenvalue weighted by Crippen LogP contribution is -2.25. The monoisotopic (exact) mass is 615 g/mol. The number of benzene rings is 4. The maximum atomic E-state index is 6.16. The van der Waals surface area contributed by atoms with E-state index in [0.717, 1.165) is 78.3 Å². The van der Waals surface area contributed by atoms with Gasteiger partial charge in [-0.15, -0.1) is 0 Å². The van der Waals surface area contributed by atoms with Gasteiger partial charge in [-0.1, -0.05) is 60.7 Å². The van der Waals surface area contributed by atoms with Crippen molar-refractivity contribution in [3.63, 3.8) is 0 Å². The fraction of sp³-hybridized carbons (Fsp3) is 0.171. The van der Waals surface area contributed by atoms with Crippen LogP contribution in [0.2, 0.25) is 0 Å². The van der Waals surface area contributed by atoms with Gasteiger partial charge in [0.05, 0.1) is 6.04 Å². The van der Waals surface area contributed by atoms with Crippen molar-refractivity contribution in [1.29, 1.82) is 0 Å². The normalized spacial score (nSPS) is 21.0. The predicted molar refractivity (Wildman–Crippen MR) is 194 cm³/mol. The highest BCUT2D eigenvalue weighted by Gasteiger charge is 2.22. The van der Waals surface area contributed by atoms with Gasteiger partial charge in [0.15, 0.2) is 0 Å². The van der Waals surface area contributed by atoms with Gasteiger partial charge in [0.25, 0.3) is 0 Å². The molecule has 6 nitrogen and oxygen atoms in total. The van der Waals surface area contributed by atoms with Gasteiger partial charge in [-0.2, -0.15) is 0 Å². The van der Waals surface area contributed by atoms with Crippen LogP contribution in [0.4, 0.5) is 0 Å². The van der Waals surface area contributed by atoms with E-state index < -0.39 is 0 Å². The number of hydrogen-bond acceptors (Lipinski definition) is 6. The first kappa shape index (κ1) is 28.8. The smallest absolute Gasteiger partial charge is 0.144 e. The Kier molecular flexibility index (Phi) is 7.13. The minimum atomic E-state index is -0.118. The van der Waals surface area contributed by atoms with Crippen LogP contribution in [0.5, 0.6) is 0 Å². The molecule has 0 saturated carbocycles. The number of dihydropyridines is 1. The largest absolute Gasteiger partial charge is 0.456 e. The van der Waals surface area contributed by atoms with Crippen LogP contribution >= 0.6 is 0 Å². The molecule has 6 heteroatoms. The second kappa shape index (κ2) is 11.6. The minimum Gasteiger partial charge on any atom is -0.456 e. The third-order valence-electron chi connectivity index (χ3n) is 9.01. The molecule has 0 radical (unpaired) electrons. The predicted octanol–water partition coefficient (Wildman–Crippen LogP) is 9.29. The molecule has 5 aromatic rings. The molecule has 4 heterocycles. The average Bonchev–Trinajstić information content (AvgIpc) is 3.45. The minimum absolute atomic E-state index is 0.0612. The molecule has 1 aromatic heterocycles. The highest BCUT2D eigenvalue weighted by molar-refractivity contribution is 6.06. The highest BCUT2D eigenvalue weighted by Crippen LogP contribution is 2.37. The maximum Gasteiger partial charge on any atom is 0.144 e. The summed E-state index contributed by atoms with van der Waals surface area (Å²) < 4.78 is 6.16. The Morgan fingerprint density at radius 2 is 1.21 bits per heavy atom. The third-order valence-corrected chi connectivity index (χ3v) is 9.01. The molecule has 4 aromatic carbocycles. The number of fused-ring (bicyclic) bond motifs is 3. The fourth-order valence-electron chi connectivity index (χ4n) is 6.87. The first-order valence-electron chi connectivity index (χ1n) is 16.2. The van der Waals surface area contributed by atoms with Gasteiger partial charge in [-0.25, -0.2) is 0 Å². The lowest BCUT2D eigenvalue weighted by atomic mass is 9.91. The van der Waals surface area contributed by atoms with Gasteiger partial charge in [0.1, 0.15) is 23.5 Å². The van der Waals surface area contributed by atoms with Gasteiger partial charge in [-0.3, -0.25) is 9.98 Å². The van der Waals surface area contributed by atoms with E-state index in [1.54, 1.807) is 0 Å². The zero-order valence-corrected chi connectivity index (χ0v) is 27.0. The third kappa shape index (κ3) is 5.67. The summed E-state index contributed by atoms with van der Waals surface area (Å²) in [5.41, 5.74) is 14.0. The van der Waals surface area contributed by atoms with Crippen LogP contribution < -0.4 is 16.0 Å². The number of rotatable bonds is 5. The molecule has 0 saturated heterocycles. The molecule has 0 aliphatic carbocycles. The van der Waals surface area contributed by atoms with Gasteiger partial charge in [0, 0.05) is 39.3 Å². The van der Waals surface area contributed by atoms with Crippen molar-refractivity contribution in [2.75, 3.05) is 0 Å². The van der Waals surface area contributed by atoms with Crippen molar-refractivity contribution >= 4 is 44.6 Å². The summed E-state index contributed by atoms with van der Waals surface area (Å²) >= 11 is 0. The van der Waals surface area contributed by atoms with Crippen LogP contribution in [0.25, 0.3) is 33.2 Å². The Morgan fingerprint density at radius 3 is 1.96 bits per heavy atom. The second-order valence-electron chi connectivity index (χ2n) is 12.7. The molecule has 232 valence electrons. The number of nitrogens with zero attached hydrogens (tertiary/aromatic N) is 2. The van der Waals surface area contributed by atoms with Crippen molar-refractivity contribution < 1.29 is 4.42 Å². The zero-order chi connectivity index (χ0) is 32.1. The fourth-order valence-corrected chi connectivity index (χ4v) is 6.87. The summed E-state index contributed by atoms with van der Waals surface area (Å²) in [7, 11) is 0. The first-order chi connectivity index (χ1) is 22.9. The number of para-hydroxylation sites is 1. The van der Waals surface area contributed by atoms with Crippen LogP contribution in [0.1, 0.15) is 73.9 Å². The lowest BCUT2D eigenvalue weighted by Gasteiger charge is -2.28. The van der Waals surface area contributed by atoms with Gasteiger partial charge >= 0.3 is 0 Å². The summed E-state index contributed by atoms with van der Waals surface area (Å²) in [4.78, 5) is 9.76. The van der Waals surface area contributed by atoms with Crippen molar-refractivity contribution in [3.8, 4) is 0 Å². The number of furan rings is 1. The maximum absolute atomic E-state index is 6.16. The number of hydrogen-bond donors (Lipinski definition) is 3. The molecule has 3 N–H and O–H groups in total. The van der Waals surface area contributed by atoms with Crippen LogP contribution in [0.3, 0.4) is 0 Å². The number of nitrogens with one attached hydrogen (secondary N) is 3. The Labute approximate surface area is 275 Å². The molecule has 0 spiro atoms. The van der Waals surface area contributed by atoms with Gasteiger partial charge < -0.3 is 20.4 Å². The second-order valence-corrected chi connectivity index (χ2v) is 12.7. The quantitative estimate of drug-likeness (QED) is 0.184. The molecule has 0 fully saturated rings. The molecular weight excluding hydrogens is 578 g/mol. The Hall–Kier alpha value is -5.62. The summed E-state index contributed by atoms with van der Waals surface area (Å²) in [6.45, 7) is 8.28. The molecule has 8 rings (SSSR count). The van der Waals surface area contributed by atoms with Crippen molar-refractivity contribution in [2.45, 2.75) is 46.1 Å². The highest BCUT2D eigenvalue weighted by atomic mass is 16.3. The molecular formula is C41H37N5O. The van der Waals surface area contributed by atoms with E-state index in [2.05, 4.69) is 147 Å². The number of aliphatic imine (C=N–C) groups is 2. The Morgan fingerprint density at radius 1 is 0.553 bits per heavy atom. The van der Waals surface area contributed by atoms with Crippen molar-refractivity contribution in [3.05, 3.63) is 155 Å².